The van der Waals surface area contributed by atoms with E-state index >= 15 is 0 Å². The van der Waals surface area contributed by atoms with E-state index < -0.39 is 9.84 Å². The number of sulfone groups is 1. The molecule has 35 heavy (non-hydrogen) atoms. The minimum Gasteiger partial charge on any atom is -0.495 e. The van der Waals surface area contributed by atoms with Crippen molar-refractivity contribution in [3.05, 3.63) is 73.2 Å². The summed E-state index contributed by atoms with van der Waals surface area (Å²) in [6.07, 6.45) is 6.51. The molecule has 5 rings (SSSR count). The monoisotopic (exact) mass is 491 g/mol. The number of hydrogen-bond acceptors (Lipinski definition) is 8. The number of pyridine rings is 1. The fourth-order valence-corrected chi connectivity index (χ4v) is 5.66. The van der Waals surface area contributed by atoms with Crippen LogP contribution in [0.4, 0.5) is 11.7 Å². The van der Waals surface area contributed by atoms with Crippen LogP contribution < -0.4 is 10.1 Å². The highest BCUT2D eigenvalue weighted by atomic mass is 32.2. The normalized spacial score (nSPS) is 15.7. The molecule has 8 nitrogen and oxygen atoms in total. The highest BCUT2D eigenvalue weighted by molar-refractivity contribution is 7.91. The van der Waals surface area contributed by atoms with Crippen LogP contribution in [0.1, 0.15) is 12.8 Å². The molecule has 2 aromatic carbocycles. The fourth-order valence-electron chi connectivity index (χ4n) is 4.14. The third-order valence-electron chi connectivity index (χ3n) is 5.87. The lowest BCUT2D eigenvalue weighted by Crippen LogP contribution is -2.20. The molecular weight excluding hydrogens is 466 g/mol. The van der Waals surface area contributed by atoms with Gasteiger partial charge in [-0.15, -0.1) is 0 Å². The van der Waals surface area contributed by atoms with Crippen molar-refractivity contribution < 1.29 is 22.3 Å². The van der Waals surface area contributed by atoms with Crippen molar-refractivity contribution in [2.75, 3.05) is 24.8 Å². The summed E-state index contributed by atoms with van der Waals surface area (Å²) in [5, 5.41) is 3.07. The number of aromatic nitrogens is 2. The summed E-state index contributed by atoms with van der Waals surface area (Å²) in [5.41, 5.74) is 3.22. The van der Waals surface area contributed by atoms with Crippen molar-refractivity contribution in [1.29, 1.82) is 0 Å². The first kappa shape index (κ1) is 23.1. The highest BCUT2D eigenvalue weighted by Crippen LogP contribution is 2.35. The molecule has 1 unspecified atom stereocenters. The number of ether oxygens (including phenoxy) is 2. The number of hydrogen-bond donors (Lipinski definition) is 1. The molecule has 180 valence electrons. The van der Waals surface area contributed by atoms with E-state index in [2.05, 4.69) is 15.3 Å². The molecule has 9 heteroatoms. The van der Waals surface area contributed by atoms with Crippen molar-refractivity contribution in [2.45, 2.75) is 23.8 Å². The zero-order valence-corrected chi connectivity index (χ0v) is 20.0. The topological polar surface area (TPSA) is 104 Å². The summed E-state index contributed by atoms with van der Waals surface area (Å²) < 4.78 is 42.9. The van der Waals surface area contributed by atoms with Crippen LogP contribution in [-0.4, -0.2) is 44.0 Å². The quantitative estimate of drug-likeness (QED) is 0.363. The van der Waals surface area contributed by atoms with Gasteiger partial charge in [-0.2, -0.15) is 0 Å². The third-order valence-corrected chi connectivity index (χ3v) is 7.65. The van der Waals surface area contributed by atoms with Crippen molar-refractivity contribution in [3.8, 4) is 28.2 Å². The third kappa shape index (κ3) is 5.06. The van der Waals surface area contributed by atoms with Crippen LogP contribution in [0.2, 0.25) is 0 Å². The van der Waals surface area contributed by atoms with Crippen LogP contribution >= 0.6 is 0 Å². The van der Waals surface area contributed by atoms with E-state index in [4.69, 9.17) is 13.9 Å². The number of rotatable bonds is 8. The second-order valence-electron chi connectivity index (χ2n) is 8.22. The van der Waals surface area contributed by atoms with Gasteiger partial charge in [0.15, 0.2) is 15.6 Å². The van der Waals surface area contributed by atoms with Gasteiger partial charge in [0, 0.05) is 30.1 Å². The van der Waals surface area contributed by atoms with Gasteiger partial charge in [0.2, 0.25) is 0 Å². The first-order valence-corrected chi connectivity index (χ1v) is 12.9. The molecule has 1 saturated heterocycles. The highest BCUT2D eigenvalue weighted by Gasteiger charge is 2.26. The molecule has 0 saturated carbocycles. The summed E-state index contributed by atoms with van der Waals surface area (Å²) in [5.74, 6) is 0.984. The zero-order chi connectivity index (χ0) is 24.3. The molecule has 4 aromatic rings. The molecule has 2 aromatic heterocycles. The molecule has 3 heterocycles. The Morgan fingerprint density at radius 2 is 1.94 bits per heavy atom. The van der Waals surface area contributed by atoms with Gasteiger partial charge in [-0.3, -0.25) is 4.98 Å². The fraction of sp³-hybridized carbons (Fsp3) is 0.231. The van der Waals surface area contributed by atoms with Crippen LogP contribution in [0.25, 0.3) is 22.5 Å². The van der Waals surface area contributed by atoms with Gasteiger partial charge in [0.25, 0.3) is 6.01 Å². The SMILES string of the molecule is COc1ccc(S(=O)(=O)CC2CCCO2)cc1Nc1ncc(-c2ccccc2-c2cccnc2)o1. The first-order valence-electron chi connectivity index (χ1n) is 11.3. The first-order chi connectivity index (χ1) is 17.0. The van der Waals surface area contributed by atoms with Crippen LogP contribution in [0.3, 0.4) is 0 Å². The minimum atomic E-state index is -3.53. The Kier molecular flexibility index (Phi) is 6.52. The Labute approximate surface area is 203 Å². The molecule has 0 bridgehead atoms. The second kappa shape index (κ2) is 9.89. The van der Waals surface area contributed by atoms with Crippen LogP contribution in [0.5, 0.6) is 5.75 Å². The summed E-state index contributed by atoms with van der Waals surface area (Å²) >= 11 is 0. The summed E-state index contributed by atoms with van der Waals surface area (Å²) in [7, 11) is -2.01. The van der Waals surface area contributed by atoms with Gasteiger partial charge in [0.1, 0.15) is 5.75 Å². The average Bonchev–Trinajstić information content (AvgIpc) is 3.56. The molecule has 1 N–H and O–H groups in total. The van der Waals surface area contributed by atoms with Gasteiger partial charge >= 0.3 is 0 Å². The van der Waals surface area contributed by atoms with Gasteiger partial charge in [0.05, 0.1) is 35.7 Å². The Bertz CT molecular complexity index is 1410. The Balaban J connectivity index is 1.42. The lowest BCUT2D eigenvalue weighted by molar-refractivity contribution is 0.127. The number of anilines is 2. The van der Waals surface area contributed by atoms with Gasteiger partial charge in [-0.1, -0.05) is 30.3 Å². The number of nitrogens with one attached hydrogen (secondary N) is 1. The van der Waals surface area contributed by atoms with Crippen LogP contribution in [-0.2, 0) is 14.6 Å². The van der Waals surface area contributed by atoms with Crippen LogP contribution in [0.15, 0.2) is 82.5 Å². The van der Waals surface area contributed by atoms with E-state index in [1.165, 1.54) is 13.2 Å². The molecule has 1 aliphatic heterocycles. The summed E-state index contributed by atoms with van der Waals surface area (Å²) in [4.78, 5) is 8.75. The lowest BCUT2D eigenvalue weighted by Gasteiger charge is -2.13. The Morgan fingerprint density at radius 3 is 2.69 bits per heavy atom. The van der Waals surface area contributed by atoms with Crippen molar-refractivity contribution >= 4 is 21.5 Å². The molecule has 0 aliphatic carbocycles. The van der Waals surface area contributed by atoms with Crippen molar-refractivity contribution in [1.82, 2.24) is 9.97 Å². The lowest BCUT2D eigenvalue weighted by atomic mass is 10.00. The van der Waals surface area contributed by atoms with E-state index in [-0.39, 0.29) is 22.8 Å². The van der Waals surface area contributed by atoms with E-state index in [1.54, 1.807) is 30.7 Å². The zero-order valence-electron chi connectivity index (χ0n) is 19.2. The van der Waals surface area contributed by atoms with E-state index in [0.29, 0.717) is 23.8 Å². The predicted molar refractivity (Wildman–Crippen MR) is 132 cm³/mol. The predicted octanol–water partition coefficient (Wildman–Crippen LogP) is 5.11. The summed E-state index contributed by atoms with van der Waals surface area (Å²) in [6, 6.07) is 16.6. The average molecular weight is 492 g/mol. The maximum atomic E-state index is 13.0. The molecule has 1 fully saturated rings. The molecule has 1 aliphatic rings. The standard InChI is InChI=1S/C26H25N3O5S/c1-32-24-11-10-20(35(30,31)17-19-7-5-13-33-19)14-23(24)29-26-28-16-25(34-26)22-9-3-2-8-21(22)18-6-4-12-27-15-18/h2-4,6,8-12,14-16,19H,5,7,13,17H2,1H3,(H,28,29). The van der Waals surface area contributed by atoms with Crippen molar-refractivity contribution in [2.24, 2.45) is 0 Å². The Hall–Kier alpha value is -3.69. The molecule has 1 atom stereocenters. The molecule has 0 radical (unpaired) electrons. The Morgan fingerprint density at radius 1 is 1.09 bits per heavy atom. The molecule has 0 amide bonds. The van der Waals surface area contributed by atoms with E-state index in [9.17, 15) is 8.42 Å². The van der Waals surface area contributed by atoms with E-state index in [0.717, 1.165) is 29.5 Å². The number of benzene rings is 2. The van der Waals surface area contributed by atoms with Crippen molar-refractivity contribution in [3.63, 3.8) is 0 Å². The minimum absolute atomic E-state index is 0.0486. The van der Waals surface area contributed by atoms with Gasteiger partial charge in [-0.05, 0) is 42.7 Å². The largest absolute Gasteiger partial charge is 0.495 e. The maximum absolute atomic E-state index is 13.0. The number of methoxy groups -OCH3 is 1. The van der Waals surface area contributed by atoms with E-state index in [1.807, 2.05) is 36.4 Å². The van der Waals surface area contributed by atoms with Gasteiger partial charge < -0.3 is 19.2 Å². The second-order valence-corrected chi connectivity index (χ2v) is 10.3. The summed E-state index contributed by atoms with van der Waals surface area (Å²) in [6.45, 7) is 0.603. The molecule has 0 spiro atoms. The number of oxazole rings is 1. The smallest absolute Gasteiger partial charge is 0.299 e. The number of nitrogens with zero attached hydrogens (tertiary/aromatic N) is 2. The maximum Gasteiger partial charge on any atom is 0.299 e. The van der Waals surface area contributed by atoms with Crippen LogP contribution in [0, 0.1) is 0 Å². The molecular formula is C26H25N3O5S. The van der Waals surface area contributed by atoms with Gasteiger partial charge in [-0.25, -0.2) is 13.4 Å².